The lowest BCUT2D eigenvalue weighted by Gasteiger charge is -2.20. The summed E-state index contributed by atoms with van der Waals surface area (Å²) >= 11 is 0. The third-order valence-corrected chi connectivity index (χ3v) is 3.70. The standard InChI is InChI=1S/C14H22N2O/c1-3-16-13(9-11(2)15-16)10-14(17)12-7-5-4-6-8-12/h9,12H,3-8,10H2,1-2H3. The number of hydrogen-bond donors (Lipinski definition) is 0. The average molecular weight is 234 g/mol. The minimum absolute atomic E-state index is 0.310. The predicted molar refractivity (Wildman–Crippen MR) is 67.9 cm³/mol. The number of hydrogen-bond acceptors (Lipinski definition) is 2. The Kier molecular flexibility index (Phi) is 3.97. The minimum atomic E-state index is 0.310. The van der Waals surface area contributed by atoms with Gasteiger partial charge < -0.3 is 0 Å². The molecule has 1 saturated carbocycles. The van der Waals surface area contributed by atoms with Crippen molar-refractivity contribution in [1.82, 2.24) is 9.78 Å². The van der Waals surface area contributed by atoms with Gasteiger partial charge in [0.1, 0.15) is 5.78 Å². The van der Waals surface area contributed by atoms with Crippen LogP contribution in [0.1, 0.15) is 50.4 Å². The molecule has 17 heavy (non-hydrogen) atoms. The first-order chi connectivity index (χ1) is 8.20. The largest absolute Gasteiger partial charge is 0.299 e. The number of ketones is 1. The summed E-state index contributed by atoms with van der Waals surface area (Å²) < 4.78 is 1.95. The van der Waals surface area contributed by atoms with Gasteiger partial charge in [0, 0.05) is 24.6 Å². The van der Waals surface area contributed by atoms with E-state index in [1.165, 1.54) is 19.3 Å². The molecule has 0 saturated heterocycles. The van der Waals surface area contributed by atoms with Gasteiger partial charge in [0.05, 0.1) is 5.69 Å². The minimum Gasteiger partial charge on any atom is -0.299 e. The number of carbonyl (C=O) groups is 1. The van der Waals surface area contributed by atoms with E-state index in [1.807, 2.05) is 17.7 Å². The first-order valence-corrected chi connectivity index (χ1v) is 6.76. The predicted octanol–water partition coefficient (Wildman–Crippen LogP) is 2.90. The number of carbonyl (C=O) groups excluding carboxylic acids is 1. The smallest absolute Gasteiger partial charge is 0.141 e. The Labute approximate surface area is 103 Å². The summed E-state index contributed by atoms with van der Waals surface area (Å²) in [5.74, 6) is 0.726. The zero-order chi connectivity index (χ0) is 12.3. The van der Waals surface area contributed by atoms with E-state index in [-0.39, 0.29) is 0 Å². The quantitative estimate of drug-likeness (QED) is 0.803. The van der Waals surface area contributed by atoms with Gasteiger partial charge >= 0.3 is 0 Å². The van der Waals surface area contributed by atoms with Crippen LogP contribution in [0.5, 0.6) is 0 Å². The number of rotatable bonds is 4. The van der Waals surface area contributed by atoms with Gasteiger partial charge in [0.2, 0.25) is 0 Å². The van der Waals surface area contributed by atoms with Gasteiger partial charge in [-0.1, -0.05) is 19.3 Å². The molecule has 1 aliphatic carbocycles. The molecular formula is C14H22N2O. The monoisotopic (exact) mass is 234 g/mol. The van der Waals surface area contributed by atoms with Crippen LogP contribution in [0.25, 0.3) is 0 Å². The lowest BCUT2D eigenvalue weighted by atomic mass is 9.85. The Morgan fingerprint density at radius 2 is 2.12 bits per heavy atom. The molecule has 1 fully saturated rings. The van der Waals surface area contributed by atoms with Gasteiger partial charge in [0.15, 0.2) is 0 Å². The fourth-order valence-electron chi connectivity index (χ4n) is 2.76. The van der Waals surface area contributed by atoms with E-state index in [1.54, 1.807) is 0 Å². The third-order valence-electron chi connectivity index (χ3n) is 3.70. The second-order valence-electron chi connectivity index (χ2n) is 5.07. The van der Waals surface area contributed by atoms with Crippen LogP contribution in [0.3, 0.4) is 0 Å². The molecule has 1 aromatic heterocycles. The second-order valence-corrected chi connectivity index (χ2v) is 5.07. The lowest BCUT2D eigenvalue weighted by molar-refractivity contribution is -0.123. The van der Waals surface area contributed by atoms with Crippen LogP contribution < -0.4 is 0 Å². The third kappa shape index (κ3) is 2.96. The highest BCUT2D eigenvalue weighted by Gasteiger charge is 2.22. The molecule has 3 heteroatoms. The van der Waals surface area contributed by atoms with Crippen molar-refractivity contribution in [2.75, 3.05) is 0 Å². The molecule has 0 unspecified atom stereocenters. The normalized spacial score (nSPS) is 17.3. The number of nitrogens with zero attached hydrogens (tertiary/aromatic N) is 2. The van der Waals surface area contributed by atoms with E-state index in [0.29, 0.717) is 18.1 Å². The Balaban J connectivity index is 2.01. The molecule has 0 aromatic carbocycles. The maximum absolute atomic E-state index is 12.2. The Morgan fingerprint density at radius 1 is 1.41 bits per heavy atom. The molecule has 1 aliphatic rings. The van der Waals surface area contributed by atoms with Crippen molar-refractivity contribution >= 4 is 5.78 Å². The topological polar surface area (TPSA) is 34.9 Å². The van der Waals surface area contributed by atoms with Crippen LogP contribution in [0.4, 0.5) is 0 Å². The van der Waals surface area contributed by atoms with E-state index >= 15 is 0 Å². The molecular weight excluding hydrogens is 212 g/mol. The zero-order valence-electron chi connectivity index (χ0n) is 10.9. The maximum Gasteiger partial charge on any atom is 0.141 e. The molecule has 2 rings (SSSR count). The fraction of sp³-hybridized carbons (Fsp3) is 0.714. The van der Waals surface area contributed by atoms with Gasteiger partial charge in [0.25, 0.3) is 0 Å². The van der Waals surface area contributed by atoms with Crippen molar-refractivity contribution in [3.8, 4) is 0 Å². The van der Waals surface area contributed by atoms with Gasteiger partial charge in [-0.05, 0) is 32.8 Å². The molecule has 1 aromatic rings. The molecule has 0 radical (unpaired) electrons. The van der Waals surface area contributed by atoms with E-state index in [4.69, 9.17) is 0 Å². The molecule has 0 amide bonds. The SMILES string of the molecule is CCn1nc(C)cc1CC(=O)C1CCCCC1. The first kappa shape index (κ1) is 12.3. The molecule has 0 aliphatic heterocycles. The summed E-state index contributed by atoms with van der Waals surface area (Å²) in [6.45, 7) is 4.91. The number of aryl methyl sites for hydroxylation is 2. The Bertz CT molecular complexity index is 389. The average Bonchev–Trinajstić information content (AvgIpc) is 2.70. The van der Waals surface area contributed by atoms with E-state index in [9.17, 15) is 4.79 Å². The van der Waals surface area contributed by atoms with Crippen molar-refractivity contribution in [3.05, 3.63) is 17.5 Å². The lowest BCUT2D eigenvalue weighted by Crippen LogP contribution is -2.21. The van der Waals surface area contributed by atoms with Gasteiger partial charge in [-0.2, -0.15) is 5.10 Å². The molecule has 0 N–H and O–H groups in total. The van der Waals surface area contributed by atoms with Crippen molar-refractivity contribution in [1.29, 1.82) is 0 Å². The van der Waals surface area contributed by atoms with E-state index < -0.39 is 0 Å². The van der Waals surface area contributed by atoms with Crippen molar-refractivity contribution in [2.45, 2.75) is 58.9 Å². The van der Waals surface area contributed by atoms with Crippen molar-refractivity contribution in [3.63, 3.8) is 0 Å². The van der Waals surface area contributed by atoms with Crippen LogP contribution in [0.15, 0.2) is 6.07 Å². The highest BCUT2D eigenvalue weighted by molar-refractivity contribution is 5.83. The summed E-state index contributed by atoms with van der Waals surface area (Å²) in [7, 11) is 0. The number of Topliss-reactive ketones (excluding diaryl/α,β-unsaturated/α-hetero) is 1. The molecule has 0 spiro atoms. The molecule has 3 nitrogen and oxygen atoms in total. The van der Waals surface area contributed by atoms with Crippen LogP contribution in [0, 0.1) is 12.8 Å². The van der Waals surface area contributed by atoms with Crippen molar-refractivity contribution in [2.24, 2.45) is 5.92 Å². The molecule has 0 atom stereocenters. The van der Waals surface area contributed by atoms with Crippen LogP contribution in [-0.2, 0) is 17.8 Å². The van der Waals surface area contributed by atoms with Crippen LogP contribution >= 0.6 is 0 Å². The number of aromatic nitrogens is 2. The van der Waals surface area contributed by atoms with E-state index in [2.05, 4.69) is 12.0 Å². The second kappa shape index (κ2) is 5.48. The highest BCUT2D eigenvalue weighted by atomic mass is 16.1. The van der Waals surface area contributed by atoms with Gasteiger partial charge in [-0.25, -0.2) is 0 Å². The van der Waals surface area contributed by atoms with Gasteiger partial charge in [-0.3, -0.25) is 9.48 Å². The fourth-order valence-corrected chi connectivity index (χ4v) is 2.76. The Hall–Kier alpha value is -1.12. The van der Waals surface area contributed by atoms with Crippen LogP contribution in [0.2, 0.25) is 0 Å². The molecule has 1 heterocycles. The Morgan fingerprint density at radius 3 is 2.76 bits per heavy atom. The summed E-state index contributed by atoms with van der Waals surface area (Å²) in [6, 6.07) is 2.05. The summed E-state index contributed by atoms with van der Waals surface area (Å²) in [5.41, 5.74) is 2.10. The summed E-state index contributed by atoms with van der Waals surface area (Å²) in [4.78, 5) is 12.2. The highest BCUT2D eigenvalue weighted by Crippen LogP contribution is 2.25. The van der Waals surface area contributed by atoms with Gasteiger partial charge in [-0.15, -0.1) is 0 Å². The van der Waals surface area contributed by atoms with Crippen molar-refractivity contribution < 1.29 is 4.79 Å². The summed E-state index contributed by atoms with van der Waals surface area (Å²) in [5, 5.41) is 4.39. The zero-order valence-corrected chi connectivity index (χ0v) is 10.9. The molecule has 94 valence electrons. The first-order valence-electron chi connectivity index (χ1n) is 6.76. The van der Waals surface area contributed by atoms with Crippen LogP contribution in [-0.4, -0.2) is 15.6 Å². The van der Waals surface area contributed by atoms with E-state index in [0.717, 1.165) is 30.8 Å². The summed E-state index contributed by atoms with van der Waals surface area (Å²) in [6.07, 6.45) is 6.51. The molecule has 0 bridgehead atoms. The maximum atomic E-state index is 12.2.